The van der Waals surface area contributed by atoms with Crippen LogP contribution in [0.4, 0.5) is 4.39 Å². The van der Waals surface area contributed by atoms with Gasteiger partial charge in [0.05, 0.1) is 6.04 Å². The molecule has 2 heterocycles. The summed E-state index contributed by atoms with van der Waals surface area (Å²) in [4.78, 5) is 27.5. The molecule has 0 N–H and O–H groups in total. The van der Waals surface area contributed by atoms with Crippen molar-refractivity contribution in [3.63, 3.8) is 0 Å². The number of hydrogen-bond acceptors (Lipinski definition) is 3. The number of furan rings is 1. The van der Waals surface area contributed by atoms with Gasteiger partial charge in [0.25, 0.3) is 5.91 Å². The van der Waals surface area contributed by atoms with Crippen LogP contribution < -0.4 is 0 Å². The lowest BCUT2D eigenvalue weighted by Crippen LogP contribution is -2.38. The van der Waals surface area contributed by atoms with Gasteiger partial charge in [-0.2, -0.15) is 0 Å². The van der Waals surface area contributed by atoms with Gasteiger partial charge in [-0.25, -0.2) is 4.39 Å². The Morgan fingerprint density at radius 3 is 2.78 bits per heavy atom. The van der Waals surface area contributed by atoms with Crippen molar-refractivity contribution in [2.75, 3.05) is 20.1 Å². The first kappa shape index (κ1) is 15.5. The number of carbonyl (C=O) groups is 2. The van der Waals surface area contributed by atoms with E-state index in [1.54, 1.807) is 35.9 Å². The monoisotopic (exact) mass is 318 g/mol. The second kappa shape index (κ2) is 5.68. The molecule has 6 heteroatoms. The molecular formula is C17H19FN2O3. The predicted octanol–water partition coefficient (Wildman–Crippen LogP) is 2.57. The van der Waals surface area contributed by atoms with Crippen LogP contribution in [-0.2, 0) is 4.79 Å². The fourth-order valence-corrected chi connectivity index (χ4v) is 3.06. The molecular weight excluding hydrogens is 299 g/mol. The maximum atomic E-state index is 13.8. The summed E-state index contributed by atoms with van der Waals surface area (Å²) in [5.41, 5.74) is 0.762. The van der Waals surface area contributed by atoms with Crippen LogP contribution >= 0.6 is 0 Å². The van der Waals surface area contributed by atoms with E-state index in [9.17, 15) is 14.0 Å². The minimum absolute atomic E-state index is 0.0119. The van der Waals surface area contributed by atoms with Crippen molar-refractivity contribution in [1.82, 2.24) is 9.80 Å². The zero-order valence-electron chi connectivity index (χ0n) is 13.4. The third-order valence-corrected chi connectivity index (χ3v) is 4.60. The highest BCUT2D eigenvalue weighted by Gasteiger charge is 2.33. The number of benzene rings is 1. The maximum Gasteiger partial charge on any atom is 0.289 e. The smallest absolute Gasteiger partial charge is 0.289 e. The summed E-state index contributed by atoms with van der Waals surface area (Å²) in [7, 11) is 1.74. The normalized spacial score (nSPS) is 17.7. The third-order valence-electron chi connectivity index (χ3n) is 4.60. The van der Waals surface area contributed by atoms with Crippen molar-refractivity contribution in [2.45, 2.75) is 26.3 Å². The van der Waals surface area contributed by atoms with Gasteiger partial charge in [-0.3, -0.25) is 9.59 Å². The Morgan fingerprint density at radius 1 is 1.39 bits per heavy atom. The highest BCUT2D eigenvalue weighted by Crippen LogP contribution is 2.29. The number of fused-ring (bicyclic) bond motifs is 1. The minimum Gasteiger partial charge on any atom is -0.448 e. The molecule has 3 rings (SSSR count). The number of amides is 2. The second-order valence-electron chi connectivity index (χ2n) is 6.00. The van der Waals surface area contributed by atoms with Gasteiger partial charge in [0.1, 0.15) is 0 Å². The molecule has 1 atom stereocenters. The number of aryl methyl sites for hydroxylation is 1. The number of carbonyl (C=O) groups excluding carboxylic acids is 2. The molecule has 122 valence electrons. The second-order valence-corrected chi connectivity index (χ2v) is 6.00. The molecule has 1 aliphatic rings. The van der Waals surface area contributed by atoms with Crippen molar-refractivity contribution in [3.8, 4) is 0 Å². The van der Waals surface area contributed by atoms with Gasteiger partial charge in [0.15, 0.2) is 17.2 Å². The fraction of sp³-hybridized carbons (Fsp3) is 0.412. The largest absolute Gasteiger partial charge is 0.448 e. The molecule has 0 saturated carbocycles. The van der Waals surface area contributed by atoms with E-state index >= 15 is 0 Å². The average molecular weight is 318 g/mol. The molecule has 5 nitrogen and oxygen atoms in total. The Bertz CT molecular complexity index is 783. The fourth-order valence-electron chi connectivity index (χ4n) is 3.06. The number of hydrogen-bond donors (Lipinski definition) is 0. The van der Waals surface area contributed by atoms with Crippen molar-refractivity contribution in [1.29, 1.82) is 0 Å². The van der Waals surface area contributed by atoms with Crippen LogP contribution in [0.3, 0.4) is 0 Å². The van der Waals surface area contributed by atoms with Gasteiger partial charge >= 0.3 is 0 Å². The molecule has 1 saturated heterocycles. The molecule has 0 aliphatic carbocycles. The summed E-state index contributed by atoms with van der Waals surface area (Å²) in [5, 5.41) is 0.616. The summed E-state index contributed by atoms with van der Waals surface area (Å²) < 4.78 is 19.3. The van der Waals surface area contributed by atoms with Gasteiger partial charge < -0.3 is 14.2 Å². The Morgan fingerprint density at radius 2 is 2.13 bits per heavy atom. The van der Waals surface area contributed by atoms with E-state index in [-0.39, 0.29) is 29.2 Å². The van der Waals surface area contributed by atoms with E-state index < -0.39 is 5.82 Å². The molecule has 0 radical (unpaired) electrons. The van der Waals surface area contributed by atoms with Crippen LogP contribution in [0.2, 0.25) is 0 Å². The van der Waals surface area contributed by atoms with Crippen LogP contribution in [0.1, 0.15) is 29.5 Å². The summed E-state index contributed by atoms with van der Waals surface area (Å²) >= 11 is 0. The maximum absolute atomic E-state index is 13.8. The van der Waals surface area contributed by atoms with Crippen molar-refractivity contribution in [3.05, 3.63) is 35.3 Å². The standard InChI is InChI=1S/C17H19FN2O3/c1-10-13-5-4-6-14(18)16(13)23-15(10)17(22)20-8-7-12(9-20)19(3)11(2)21/h4-6,12H,7-9H2,1-3H3/t12-/m1/s1. The molecule has 2 aromatic rings. The van der Waals surface area contributed by atoms with E-state index in [2.05, 4.69) is 0 Å². The molecule has 23 heavy (non-hydrogen) atoms. The Balaban J connectivity index is 1.86. The SMILES string of the molecule is CC(=O)N(C)[C@@H]1CCN(C(=O)c2oc3c(F)cccc3c2C)C1. The van der Waals surface area contributed by atoms with Gasteiger partial charge in [0, 0.05) is 38.0 Å². The molecule has 0 unspecified atom stereocenters. The molecule has 0 bridgehead atoms. The lowest BCUT2D eigenvalue weighted by Gasteiger charge is -2.23. The average Bonchev–Trinajstić information content (AvgIpc) is 3.12. The minimum atomic E-state index is -0.472. The van der Waals surface area contributed by atoms with Crippen LogP contribution in [0.5, 0.6) is 0 Å². The van der Waals surface area contributed by atoms with E-state index in [0.29, 0.717) is 24.0 Å². The number of likely N-dealkylation sites (N-methyl/N-ethyl adjacent to an activating group) is 1. The molecule has 1 aromatic heterocycles. The van der Waals surface area contributed by atoms with Gasteiger partial charge in [-0.05, 0) is 19.4 Å². The Kier molecular flexibility index (Phi) is 3.83. The Labute approximate surface area is 133 Å². The molecule has 0 spiro atoms. The van der Waals surface area contributed by atoms with Crippen LogP contribution in [0, 0.1) is 12.7 Å². The number of halogens is 1. The highest BCUT2D eigenvalue weighted by atomic mass is 19.1. The van der Waals surface area contributed by atoms with Crippen molar-refractivity contribution >= 4 is 22.8 Å². The predicted molar refractivity (Wildman–Crippen MR) is 83.7 cm³/mol. The highest BCUT2D eigenvalue weighted by molar-refractivity contribution is 5.99. The molecule has 1 aromatic carbocycles. The molecule has 2 amide bonds. The van der Waals surface area contributed by atoms with E-state index in [1.807, 2.05) is 0 Å². The van der Waals surface area contributed by atoms with Crippen LogP contribution in [0.15, 0.2) is 22.6 Å². The number of para-hydroxylation sites is 1. The first-order valence-electron chi connectivity index (χ1n) is 7.60. The van der Waals surface area contributed by atoms with Crippen molar-refractivity contribution in [2.24, 2.45) is 0 Å². The summed E-state index contributed by atoms with van der Waals surface area (Å²) in [6.07, 6.45) is 0.732. The van der Waals surface area contributed by atoms with E-state index in [1.165, 1.54) is 13.0 Å². The summed E-state index contributed by atoms with van der Waals surface area (Å²) in [5.74, 6) is -0.569. The number of nitrogens with zero attached hydrogens (tertiary/aromatic N) is 2. The van der Waals surface area contributed by atoms with Crippen molar-refractivity contribution < 1.29 is 18.4 Å². The topological polar surface area (TPSA) is 53.8 Å². The van der Waals surface area contributed by atoms with Crippen LogP contribution in [0.25, 0.3) is 11.0 Å². The van der Waals surface area contributed by atoms with Gasteiger partial charge in [-0.15, -0.1) is 0 Å². The van der Waals surface area contributed by atoms with E-state index in [0.717, 1.165) is 6.42 Å². The summed E-state index contributed by atoms with van der Waals surface area (Å²) in [6, 6.07) is 4.66. The first-order chi connectivity index (χ1) is 10.9. The van der Waals surface area contributed by atoms with Gasteiger partial charge in [0.2, 0.25) is 5.91 Å². The summed E-state index contributed by atoms with van der Waals surface area (Å²) in [6.45, 7) is 4.29. The zero-order chi connectivity index (χ0) is 16.7. The number of likely N-dealkylation sites (tertiary alicyclic amines) is 1. The number of rotatable bonds is 2. The lowest BCUT2D eigenvalue weighted by molar-refractivity contribution is -0.129. The molecule has 1 aliphatic heterocycles. The Hall–Kier alpha value is -2.37. The van der Waals surface area contributed by atoms with Gasteiger partial charge in [-0.1, -0.05) is 12.1 Å². The van der Waals surface area contributed by atoms with E-state index in [4.69, 9.17) is 4.42 Å². The third kappa shape index (κ3) is 2.58. The molecule has 1 fully saturated rings. The quantitative estimate of drug-likeness (QED) is 0.855. The lowest BCUT2D eigenvalue weighted by atomic mass is 10.1. The zero-order valence-corrected chi connectivity index (χ0v) is 13.4. The first-order valence-corrected chi connectivity index (χ1v) is 7.60. The van der Waals surface area contributed by atoms with Crippen LogP contribution in [-0.4, -0.2) is 47.8 Å².